The number of hydrogen-bond donors (Lipinski definition) is 19. The molecule has 0 aliphatic rings. The number of nitrogens with zero attached hydrogens (tertiary/aromatic N) is 2. The quantitative estimate of drug-likeness (QED) is 0.0215. The number of para-hydroxylation sites is 1. The summed E-state index contributed by atoms with van der Waals surface area (Å²) >= 11 is 1.39. The summed E-state index contributed by atoms with van der Waals surface area (Å²) in [4.78, 5) is 178. The van der Waals surface area contributed by atoms with Crippen LogP contribution in [0.1, 0.15) is 193 Å². The molecule has 608 valence electrons. The number of aromatic nitrogens is 1. The number of fused-ring (bicyclic) bond motifs is 1. The minimum Gasteiger partial charge on any atom is -0.481 e. The predicted molar refractivity (Wildman–Crippen MR) is 421 cm³/mol. The average molecular weight is 1550 g/mol. The number of aliphatic imine (C=N–C) groups is 2. The van der Waals surface area contributed by atoms with Gasteiger partial charge in [0.05, 0.1) is 19.1 Å². The van der Waals surface area contributed by atoms with E-state index in [4.69, 9.17) is 34.4 Å². The predicted octanol–water partition coefficient (Wildman–Crippen LogP) is 1.29. The van der Waals surface area contributed by atoms with Crippen LogP contribution in [0.2, 0.25) is 0 Å². The van der Waals surface area contributed by atoms with E-state index < -0.39 is 144 Å². The van der Waals surface area contributed by atoms with Gasteiger partial charge >= 0.3 is 5.97 Å². The van der Waals surface area contributed by atoms with Gasteiger partial charge in [-0.3, -0.25) is 67.5 Å². The lowest BCUT2D eigenvalue weighted by molar-refractivity contribution is -0.142. The number of unbranched alkanes of at least 4 members (excludes halogenated alkanes) is 13. The number of primary amides is 1. The Labute approximate surface area is 644 Å². The number of carboxylic acids is 1. The molecule has 3 aromatic rings. The molecule has 2 aromatic carbocycles. The number of nitrogens with one attached hydrogen (secondary N) is 11. The van der Waals surface area contributed by atoms with Crippen molar-refractivity contribution in [2.75, 3.05) is 38.2 Å². The molecule has 3 rings (SSSR count). The topological polar surface area (TPSA) is 562 Å². The first kappa shape index (κ1) is 93.6. The Morgan fingerprint density at radius 2 is 0.954 bits per heavy atom. The number of nitrogens with two attached hydrogens (primary N) is 6. The maximum atomic E-state index is 15.0. The second-order valence-electron chi connectivity index (χ2n) is 27.6. The van der Waals surface area contributed by atoms with Crippen LogP contribution in [-0.2, 0) is 70.4 Å². The van der Waals surface area contributed by atoms with Crippen molar-refractivity contribution in [1.29, 1.82) is 0 Å². The molecule has 109 heavy (non-hydrogen) atoms. The number of H-pyrrole nitrogens is 1. The second kappa shape index (κ2) is 53.3. The third kappa shape index (κ3) is 37.9. The smallest absolute Gasteiger partial charge is 0.305 e. The summed E-state index contributed by atoms with van der Waals surface area (Å²) in [6.45, 7) is 6.31. The van der Waals surface area contributed by atoms with E-state index in [1.54, 1.807) is 55.8 Å². The molecule has 34 heteroatoms. The number of rotatable bonds is 58. The number of aliphatic carboxylic acids is 1. The Morgan fingerprint density at radius 3 is 1.48 bits per heavy atom. The molecule has 0 unspecified atom stereocenters. The summed E-state index contributed by atoms with van der Waals surface area (Å²) in [5.41, 5.74) is 35.9. The number of carbonyl (C=O) groups is 12. The summed E-state index contributed by atoms with van der Waals surface area (Å²) in [7, 11) is 0. The third-order valence-corrected chi connectivity index (χ3v) is 19.1. The zero-order valence-corrected chi connectivity index (χ0v) is 64.9. The second-order valence-corrected chi connectivity index (χ2v) is 28.6. The van der Waals surface area contributed by atoms with Crippen molar-refractivity contribution in [3.05, 3.63) is 71.9 Å². The molecular weight excluding hydrogens is 1420 g/mol. The number of hydrogen-bond acceptors (Lipinski definition) is 17. The standard InChI is InChI=1S/C75H123N19O14S/c1-6-8-9-10-11-12-13-14-15-16-17-18-22-36-60(96)93-64(48(4)95)73(108)92-59(44-62(98)99)71(106)87-53(34-27-39-82-74(78)79)66(101)85-46-61(97)86-54(35-28-40-83-75(80)81)67(102)88-55(33-25-26-38-76)68(103)91-58(43-50-45-84-52-32-24-23-31-51(50)52)70(105)89-56(37-41-109-5)69(104)90-57(42-49-29-20-19-21-30-49)72(107)94-63(65(77)100)47(3)7-2/h19-21,23-24,29-32,45,47-48,53-59,63-64,84,95H,6-18,22,25-28,33-44,46,76H2,1-5H3,(H2,77,100)(H,85,101)(H,86,97)(H,87,106)(H,88,102)(H,89,105)(H,90,104)(H,91,103)(H,92,108)(H,93,96)(H,94,107)(H,98,99)(H4,78,79,82)(H4,80,81,83)/t47-,48+,53-,54-,55-,56-,57-,58-,59-,63-,64-/m0/s1. The van der Waals surface area contributed by atoms with Gasteiger partial charge in [0.2, 0.25) is 65.0 Å². The van der Waals surface area contributed by atoms with Crippen LogP contribution < -0.4 is 87.6 Å². The van der Waals surface area contributed by atoms with E-state index in [0.717, 1.165) is 32.1 Å². The molecule has 11 amide bonds. The van der Waals surface area contributed by atoms with Gasteiger partial charge in [0, 0.05) is 49.5 Å². The van der Waals surface area contributed by atoms with Crippen molar-refractivity contribution in [2.45, 2.75) is 255 Å². The first-order valence-electron chi connectivity index (χ1n) is 38.2. The van der Waals surface area contributed by atoms with Gasteiger partial charge in [-0.1, -0.05) is 153 Å². The van der Waals surface area contributed by atoms with Crippen molar-refractivity contribution < 1.29 is 67.7 Å². The van der Waals surface area contributed by atoms with Gasteiger partial charge in [0.1, 0.15) is 54.4 Å². The van der Waals surface area contributed by atoms with Crippen molar-refractivity contribution in [1.82, 2.24) is 58.2 Å². The highest BCUT2D eigenvalue weighted by Crippen LogP contribution is 2.21. The van der Waals surface area contributed by atoms with E-state index in [0.29, 0.717) is 47.0 Å². The first-order chi connectivity index (χ1) is 52.1. The van der Waals surface area contributed by atoms with Crippen LogP contribution in [0, 0.1) is 5.92 Å². The molecule has 0 radical (unpaired) electrons. The SMILES string of the molecule is CCCCCCCCCCCCCCCC(=O)N[C@H](C(=O)N[C@@H](CC(=O)O)C(=O)N[C@@H](CCCN=C(N)N)C(=O)NCC(=O)N[C@@H](CCCN=C(N)N)C(=O)N[C@@H](CCCCN)C(=O)N[C@@H](Cc1c[nH]c2ccccc12)C(=O)N[C@@H](CCSC)C(=O)N[C@@H](Cc1ccccc1)C(=O)N[C@H](C(N)=O)[C@@H](C)CC)[C@@H](C)O. The number of thioether (sulfide) groups is 1. The average Bonchev–Trinajstić information content (AvgIpc) is 1.70. The summed E-state index contributed by atoms with van der Waals surface area (Å²) in [6.07, 6.45) is 16.0. The van der Waals surface area contributed by atoms with Crippen LogP contribution in [-0.4, -0.2) is 197 Å². The molecule has 0 saturated carbocycles. The van der Waals surface area contributed by atoms with Crippen molar-refractivity contribution in [3.8, 4) is 0 Å². The maximum absolute atomic E-state index is 15.0. The Morgan fingerprint density at radius 1 is 0.486 bits per heavy atom. The van der Waals surface area contributed by atoms with Gasteiger partial charge in [-0.25, -0.2) is 0 Å². The molecule has 0 fully saturated rings. The molecule has 0 spiro atoms. The fourth-order valence-corrected chi connectivity index (χ4v) is 12.6. The number of amides is 11. The van der Waals surface area contributed by atoms with Gasteiger partial charge in [0.25, 0.3) is 0 Å². The largest absolute Gasteiger partial charge is 0.481 e. The van der Waals surface area contributed by atoms with Crippen molar-refractivity contribution in [3.63, 3.8) is 0 Å². The number of carboxylic acid groups (broad SMARTS) is 1. The number of guanidine groups is 2. The summed E-state index contributed by atoms with van der Waals surface area (Å²) in [5.74, 6) is -11.6. The van der Waals surface area contributed by atoms with Crippen molar-refractivity contribution in [2.24, 2.45) is 50.3 Å². The highest BCUT2D eigenvalue weighted by molar-refractivity contribution is 7.98. The number of carbonyl (C=O) groups excluding carboxylic acids is 11. The third-order valence-electron chi connectivity index (χ3n) is 18.5. The molecule has 0 bridgehead atoms. The Bertz CT molecular complexity index is 3390. The fourth-order valence-electron chi connectivity index (χ4n) is 12.1. The van der Waals surface area contributed by atoms with E-state index in [-0.39, 0.29) is 102 Å². The fraction of sp³-hybridized carbons (Fsp3) is 0.627. The number of aliphatic hydroxyl groups excluding tert-OH is 1. The Hall–Kier alpha value is -9.57. The van der Waals surface area contributed by atoms with E-state index in [1.165, 1.54) is 63.6 Å². The molecule has 25 N–H and O–H groups in total. The monoisotopic (exact) mass is 1550 g/mol. The molecule has 0 aliphatic heterocycles. The normalized spacial score (nSPS) is 14.2. The summed E-state index contributed by atoms with van der Waals surface area (Å²) in [5, 5.41) is 47.3. The van der Waals surface area contributed by atoms with Gasteiger partial charge in [0.15, 0.2) is 11.9 Å². The molecule has 1 aromatic heterocycles. The van der Waals surface area contributed by atoms with Crippen LogP contribution in [0.15, 0.2) is 70.8 Å². The van der Waals surface area contributed by atoms with E-state index in [1.807, 2.05) is 25.1 Å². The zero-order chi connectivity index (χ0) is 80.6. The molecule has 1 heterocycles. The molecule has 33 nitrogen and oxygen atoms in total. The highest BCUT2D eigenvalue weighted by Gasteiger charge is 2.37. The molecule has 0 aliphatic carbocycles. The van der Waals surface area contributed by atoms with Crippen LogP contribution in [0.4, 0.5) is 0 Å². The van der Waals surface area contributed by atoms with Crippen LogP contribution >= 0.6 is 11.8 Å². The number of aromatic amines is 1. The number of aliphatic hydroxyl groups is 1. The minimum atomic E-state index is -1.87. The van der Waals surface area contributed by atoms with Crippen LogP contribution in [0.25, 0.3) is 10.9 Å². The lowest BCUT2D eigenvalue weighted by Gasteiger charge is -2.28. The molecular formula is C75H123N19O14S. The zero-order valence-electron chi connectivity index (χ0n) is 64.1. The minimum absolute atomic E-state index is 0.00502. The van der Waals surface area contributed by atoms with Gasteiger partial charge in [-0.15, -0.1) is 0 Å². The first-order valence-corrected chi connectivity index (χ1v) is 39.6. The van der Waals surface area contributed by atoms with Crippen LogP contribution in [0.3, 0.4) is 0 Å². The van der Waals surface area contributed by atoms with Crippen LogP contribution in [0.5, 0.6) is 0 Å². The lowest BCUT2D eigenvalue weighted by Crippen LogP contribution is -2.60. The Balaban J connectivity index is 1.90. The maximum Gasteiger partial charge on any atom is 0.305 e. The van der Waals surface area contributed by atoms with Crippen molar-refractivity contribution >= 4 is 106 Å². The molecule has 0 saturated heterocycles. The van der Waals surface area contributed by atoms with Gasteiger partial charge in [-0.2, -0.15) is 11.8 Å². The summed E-state index contributed by atoms with van der Waals surface area (Å²) in [6, 6.07) is 3.15. The van der Waals surface area contributed by atoms with E-state index >= 15 is 0 Å². The summed E-state index contributed by atoms with van der Waals surface area (Å²) < 4.78 is 0. The van der Waals surface area contributed by atoms with Gasteiger partial charge in [-0.05, 0) is 106 Å². The lowest BCUT2D eigenvalue weighted by atomic mass is 9.97. The Kier molecular flexibility index (Phi) is 45.8. The van der Waals surface area contributed by atoms with E-state index in [9.17, 15) is 67.7 Å². The van der Waals surface area contributed by atoms with E-state index in [2.05, 4.69) is 75.1 Å². The van der Waals surface area contributed by atoms with Gasteiger partial charge < -0.3 is 103 Å². The molecule has 11 atom stereocenters. The number of benzene rings is 2. The highest BCUT2D eigenvalue weighted by atomic mass is 32.2.